The maximum Gasteiger partial charge on any atom is 0.214 e. The fourth-order valence-corrected chi connectivity index (χ4v) is 2.86. The standard InChI is InChI=1S/C18H11BrFNO2/c19-18-14(20)8-9-16(21-18)22-10-11-4-3-6-13-12-5-1-2-7-15(12)23-17(11)13/h1-9H,10H2. The molecule has 2 aromatic heterocycles. The van der Waals surface area contributed by atoms with Crippen LogP contribution >= 0.6 is 15.9 Å². The molecule has 4 rings (SSSR count). The molecule has 0 unspecified atom stereocenters. The minimum absolute atomic E-state index is 0.136. The van der Waals surface area contributed by atoms with Crippen molar-refractivity contribution in [3.05, 3.63) is 70.6 Å². The second-order valence-electron chi connectivity index (χ2n) is 5.10. The average molecular weight is 372 g/mol. The van der Waals surface area contributed by atoms with Gasteiger partial charge >= 0.3 is 0 Å². The fraction of sp³-hybridized carbons (Fsp3) is 0.0556. The number of para-hydroxylation sites is 2. The SMILES string of the molecule is Fc1ccc(OCc2cccc3c2oc2ccccc23)nc1Br. The number of fused-ring (bicyclic) bond motifs is 3. The molecule has 4 aromatic rings. The van der Waals surface area contributed by atoms with Crippen LogP contribution in [0.5, 0.6) is 5.88 Å². The lowest BCUT2D eigenvalue weighted by atomic mass is 10.1. The second-order valence-corrected chi connectivity index (χ2v) is 5.85. The first-order valence-corrected chi connectivity index (χ1v) is 7.85. The second kappa shape index (κ2) is 5.66. The molecule has 0 atom stereocenters. The number of benzene rings is 2. The number of rotatable bonds is 3. The number of hydrogen-bond acceptors (Lipinski definition) is 3. The molecule has 0 fully saturated rings. The van der Waals surface area contributed by atoms with Crippen LogP contribution in [0.25, 0.3) is 21.9 Å². The molecule has 2 aromatic carbocycles. The van der Waals surface area contributed by atoms with Crippen molar-refractivity contribution in [1.29, 1.82) is 0 Å². The molecule has 23 heavy (non-hydrogen) atoms. The van der Waals surface area contributed by atoms with Crippen LogP contribution in [0, 0.1) is 5.82 Å². The van der Waals surface area contributed by atoms with E-state index in [9.17, 15) is 4.39 Å². The van der Waals surface area contributed by atoms with Crippen LogP contribution in [0.1, 0.15) is 5.56 Å². The number of ether oxygens (including phenoxy) is 1. The van der Waals surface area contributed by atoms with Gasteiger partial charge in [-0.2, -0.15) is 0 Å². The average Bonchev–Trinajstić information content (AvgIpc) is 2.95. The lowest BCUT2D eigenvalue weighted by molar-refractivity contribution is 0.292. The zero-order valence-corrected chi connectivity index (χ0v) is 13.5. The molecule has 5 heteroatoms. The molecule has 0 radical (unpaired) electrons. The Hall–Kier alpha value is -2.40. The minimum atomic E-state index is -0.420. The Balaban J connectivity index is 1.70. The summed E-state index contributed by atoms with van der Waals surface area (Å²) < 4.78 is 25.0. The molecule has 0 saturated carbocycles. The molecular weight excluding hydrogens is 361 g/mol. The first kappa shape index (κ1) is 14.2. The summed E-state index contributed by atoms with van der Waals surface area (Å²) in [6.07, 6.45) is 0. The van der Waals surface area contributed by atoms with E-state index in [4.69, 9.17) is 9.15 Å². The van der Waals surface area contributed by atoms with E-state index in [1.54, 1.807) is 0 Å². The highest BCUT2D eigenvalue weighted by Gasteiger charge is 2.11. The number of furan rings is 1. The van der Waals surface area contributed by atoms with E-state index < -0.39 is 5.82 Å². The van der Waals surface area contributed by atoms with Gasteiger partial charge in [0.25, 0.3) is 0 Å². The molecule has 0 N–H and O–H groups in total. The molecule has 114 valence electrons. The van der Waals surface area contributed by atoms with Crippen LogP contribution < -0.4 is 4.74 Å². The van der Waals surface area contributed by atoms with Gasteiger partial charge < -0.3 is 9.15 Å². The first-order chi connectivity index (χ1) is 11.2. The van der Waals surface area contributed by atoms with Gasteiger partial charge in [-0.25, -0.2) is 9.37 Å². The predicted octanol–water partition coefficient (Wildman–Crippen LogP) is 5.46. The summed E-state index contributed by atoms with van der Waals surface area (Å²) >= 11 is 3.05. The third-order valence-electron chi connectivity index (χ3n) is 3.64. The summed E-state index contributed by atoms with van der Waals surface area (Å²) in [5, 5.41) is 2.13. The molecule has 0 saturated heterocycles. The normalized spacial score (nSPS) is 11.2. The van der Waals surface area contributed by atoms with Crippen molar-refractivity contribution < 1.29 is 13.5 Å². The van der Waals surface area contributed by atoms with Gasteiger partial charge in [0.05, 0.1) is 0 Å². The molecule has 0 amide bonds. The zero-order valence-electron chi connectivity index (χ0n) is 11.9. The van der Waals surface area contributed by atoms with Gasteiger partial charge in [-0.15, -0.1) is 0 Å². The summed E-state index contributed by atoms with van der Waals surface area (Å²) in [4.78, 5) is 4.00. The number of aromatic nitrogens is 1. The van der Waals surface area contributed by atoms with Crippen molar-refractivity contribution in [1.82, 2.24) is 4.98 Å². The molecular formula is C18H11BrFNO2. The van der Waals surface area contributed by atoms with Gasteiger partial charge in [0.15, 0.2) is 5.82 Å². The highest BCUT2D eigenvalue weighted by molar-refractivity contribution is 9.10. The van der Waals surface area contributed by atoms with Crippen molar-refractivity contribution in [3.63, 3.8) is 0 Å². The van der Waals surface area contributed by atoms with E-state index in [1.807, 2.05) is 42.5 Å². The summed E-state index contributed by atoms with van der Waals surface area (Å²) in [5.41, 5.74) is 2.56. The Morgan fingerprint density at radius 3 is 2.70 bits per heavy atom. The zero-order chi connectivity index (χ0) is 15.8. The van der Waals surface area contributed by atoms with Crippen molar-refractivity contribution in [2.75, 3.05) is 0 Å². The maximum atomic E-state index is 13.2. The van der Waals surface area contributed by atoms with Crippen LogP contribution in [-0.4, -0.2) is 4.98 Å². The number of halogens is 2. The Labute approximate surface area is 139 Å². The lowest BCUT2D eigenvalue weighted by Gasteiger charge is -2.06. The number of hydrogen-bond donors (Lipinski definition) is 0. The van der Waals surface area contributed by atoms with Gasteiger partial charge in [0, 0.05) is 22.4 Å². The summed E-state index contributed by atoms with van der Waals surface area (Å²) in [7, 11) is 0. The Morgan fingerprint density at radius 2 is 1.83 bits per heavy atom. The maximum absolute atomic E-state index is 13.2. The van der Waals surface area contributed by atoms with Crippen molar-refractivity contribution in [3.8, 4) is 5.88 Å². The lowest BCUT2D eigenvalue weighted by Crippen LogP contribution is -1.98. The molecule has 3 nitrogen and oxygen atoms in total. The van der Waals surface area contributed by atoms with Gasteiger partial charge in [-0.05, 0) is 28.1 Å². The molecule has 0 aliphatic rings. The van der Waals surface area contributed by atoms with Gasteiger partial charge in [0.2, 0.25) is 5.88 Å². The third kappa shape index (κ3) is 2.57. The van der Waals surface area contributed by atoms with Crippen LogP contribution in [0.2, 0.25) is 0 Å². The van der Waals surface area contributed by atoms with Crippen LogP contribution in [0.4, 0.5) is 4.39 Å². The third-order valence-corrected chi connectivity index (χ3v) is 4.20. The Morgan fingerprint density at radius 1 is 1.00 bits per heavy atom. The van der Waals surface area contributed by atoms with E-state index in [0.717, 1.165) is 27.5 Å². The molecule has 0 aliphatic heterocycles. The summed E-state index contributed by atoms with van der Waals surface area (Å²) in [6, 6.07) is 16.7. The molecule has 0 spiro atoms. The van der Waals surface area contributed by atoms with E-state index in [1.165, 1.54) is 12.1 Å². The monoisotopic (exact) mass is 371 g/mol. The molecule has 0 aliphatic carbocycles. The van der Waals surface area contributed by atoms with Crippen LogP contribution in [0.15, 0.2) is 63.6 Å². The summed E-state index contributed by atoms with van der Waals surface area (Å²) in [6.45, 7) is 0.294. The number of nitrogens with zero attached hydrogens (tertiary/aromatic N) is 1. The number of pyridine rings is 1. The molecule has 2 heterocycles. The van der Waals surface area contributed by atoms with Crippen molar-refractivity contribution in [2.45, 2.75) is 6.61 Å². The summed E-state index contributed by atoms with van der Waals surface area (Å²) in [5.74, 6) is -0.0666. The highest BCUT2D eigenvalue weighted by atomic mass is 79.9. The topological polar surface area (TPSA) is 35.3 Å². The minimum Gasteiger partial charge on any atom is -0.473 e. The molecule has 0 bridgehead atoms. The van der Waals surface area contributed by atoms with E-state index >= 15 is 0 Å². The fourth-order valence-electron chi connectivity index (χ4n) is 2.55. The Bertz CT molecular complexity index is 1010. The van der Waals surface area contributed by atoms with Gasteiger partial charge in [0.1, 0.15) is 22.4 Å². The quantitative estimate of drug-likeness (QED) is 0.448. The van der Waals surface area contributed by atoms with Crippen molar-refractivity contribution >= 4 is 37.9 Å². The van der Waals surface area contributed by atoms with Crippen LogP contribution in [-0.2, 0) is 6.61 Å². The largest absolute Gasteiger partial charge is 0.473 e. The van der Waals surface area contributed by atoms with Crippen LogP contribution in [0.3, 0.4) is 0 Å². The van der Waals surface area contributed by atoms with Crippen molar-refractivity contribution in [2.24, 2.45) is 0 Å². The predicted molar refractivity (Wildman–Crippen MR) is 89.9 cm³/mol. The smallest absolute Gasteiger partial charge is 0.214 e. The van der Waals surface area contributed by atoms with E-state index in [0.29, 0.717) is 12.5 Å². The highest BCUT2D eigenvalue weighted by Crippen LogP contribution is 2.31. The van der Waals surface area contributed by atoms with Gasteiger partial charge in [-0.1, -0.05) is 36.4 Å². The Kier molecular flexibility index (Phi) is 3.50. The van der Waals surface area contributed by atoms with Gasteiger partial charge in [-0.3, -0.25) is 0 Å². The first-order valence-electron chi connectivity index (χ1n) is 7.06. The van der Waals surface area contributed by atoms with E-state index in [-0.39, 0.29) is 4.60 Å². The van der Waals surface area contributed by atoms with E-state index in [2.05, 4.69) is 20.9 Å².